The SMILES string of the molecule is CCOO[Si](OOCC)(Oc1ccccc1)Oc1ccccc1. The topological polar surface area (TPSA) is 55.4 Å². The van der Waals surface area contributed by atoms with Gasteiger partial charge in [0, 0.05) is 0 Å². The number of hydrogen-bond donors (Lipinski definition) is 0. The third-order valence-electron chi connectivity index (χ3n) is 2.53. The zero-order valence-corrected chi connectivity index (χ0v) is 14.1. The molecule has 0 atom stereocenters. The van der Waals surface area contributed by atoms with E-state index in [4.69, 9.17) is 27.8 Å². The van der Waals surface area contributed by atoms with E-state index < -0.39 is 9.05 Å². The van der Waals surface area contributed by atoms with Crippen molar-refractivity contribution in [3.63, 3.8) is 0 Å². The molecular formula is C16H20O6Si. The Hall–Kier alpha value is -1.90. The molecule has 0 heterocycles. The maximum absolute atomic E-state index is 5.83. The van der Waals surface area contributed by atoms with Gasteiger partial charge in [0.15, 0.2) is 0 Å². The minimum absolute atomic E-state index is 0.306. The Balaban J connectivity index is 2.24. The van der Waals surface area contributed by atoms with Gasteiger partial charge in [0.2, 0.25) is 0 Å². The summed E-state index contributed by atoms with van der Waals surface area (Å²) in [5.74, 6) is 1.05. The van der Waals surface area contributed by atoms with Crippen LogP contribution in [0.25, 0.3) is 0 Å². The van der Waals surface area contributed by atoms with Crippen LogP contribution in [0.2, 0.25) is 0 Å². The van der Waals surface area contributed by atoms with E-state index in [1.54, 1.807) is 38.1 Å². The predicted molar refractivity (Wildman–Crippen MR) is 85.3 cm³/mol. The quantitative estimate of drug-likeness (QED) is 0.376. The summed E-state index contributed by atoms with van der Waals surface area (Å²) >= 11 is 0. The molecule has 0 saturated carbocycles. The standard InChI is InChI=1S/C16H20O6Si/c1-3-17-21-23(22-18-4-2,19-15-11-7-5-8-12-15)20-16-13-9-6-10-14-16/h5-14H,3-4H2,1-2H3. The Bertz CT molecular complexity index is 500. The molecule has 0 radical (unpaired) electrons. The van der Waals surface area contributed by atoms with Crippen LogP contribution in [0.4, 0.5) is 0 Å². The first-order valence-electron chi connectivity index (χ1n) is 7.37. The summed E-state index contributed by atoms with van der Waals surface area (Å²) in [7, 11) is -3.76. The zero-order valence-electron chi connectivity index (χ0n) is 13.1. The average molecular weight is 336 g/mol. The molecule has 2 rings (SSSR count). The van der Waals surface area contributed by atoms with Crippen molar-refractivity contribution in [3.8, 4) is 11.5 Å². The highest BCUT2D eigenvalue weighted by molar-refractivity contribution is 6.54. The van der Waals surface area contributed by atoms with Crippen LogP contribution >= 0.6 is 0 Å². The van der Waals surface area contributed by atoms with E-state index in [1.807, 2.05) is 36.4 Å². The molecule has 6 nitrogen and oxygen atoms in total. The monoisotopic (exact) mass is 336 g/mol. The molecular weight excluding hydrogens is 316 g/mol. The lowest BCUT2D eigenvalue weighted by molar-refractivity contribution is -0.323. The maximum atomic E-state index is 5.83. The van der Waals surface area contributed by atoms with Crippen molar-refractivity contribution in [2.45, 2.75) is 13.8 Å². The summed E-state index contributed by atoms with van der Waals surface area (Å²) in [6.45, 7) is 4.18. The molecule has 0 N–H and O–H groups in total. The predicted octanol–water partition coefficient (Wildman–Crippen LogP) is 3.52. The van der Waals surface area contributed by atoms with E-state index in [2.05, 4.69) is 0 Å². The van der Waals surface area contributed by atoms with Crippen LogP contribution in [0.5, 0.6) is 11.5 Å². The Morgan fingerprint density at radius 3 is 1.39 bits per heavy atom. The van der Waals surface area contributed by atoms with E-state index in [-0.39, 0.29) is 0 Å². The molecule has 0 saturated heterocycles. The molecule has 124 valence electrons. The van der Waals surface area contributed by atoms with Crippen molar-refractivity contribution in [3.05, 3.63) is 60.7 Å². The Kier molecular flexibility index (Phi) is 7.04. The van der Waals surface area contributed by atoms with Crippen molar-refractivity contribution < 1.29 is 27.8 Å². The van der Waals surface area contributed by atoms with E-state index in [0.717, 1.165) is 0 Å². The second kappa shape index (κ2) is 9.28. The molecule has 23 heavy (non-hydrogen) atoms. The molecule has 7 heteroatoms. The first-order chi connectivity index (χ1) is 11.3. The number of hydrogen-bond acceptors (Lipinski definition) is 6. The van der Waals surface area contributed by atoms with Crippen LogP contribution < -0.4 is 8.85 Å². The van der Waals surface area contributed by atoms with Gasteiger partial charge in [-0.3, -0.25) is 0 Å². The molecule has 0 aliphatic rings. The highest BCUT2D eigenvalue weighted by Crippen LogP contribution is 2.22. The molecule has 0 aliphatic carbocycles. The van der Waals surface area contributed by atoms with Gasteiger partial charge in [0.05, 0.1) is 13.2 Å². The summed E-state index contributed by atoms with van der Waals surface area (Å²) < 4.78 is 22.3. The first-order valence-corrected chi connectivity index (χ1v) is 9.00. The summed E-state index contributed by atoms with van der Waals surface area (Å²) in [4.78, 5) is 10.1. The largest absolute Gasteiger partial charge is 0.877 e. The molecule has 2 aromatic rings. The van der Waals surface area contributed by atoms with Gasteiger partial charge >= 0.3 is 9.05 Å². The molecule has 0 amide bonds. The maximum Gasteiger partial charge on any atom is 0.877 e. The minimum atomic E-state index is -3.76. The lowest BCUT2D eigenvalue weighted by Gasteiger charge is -2.25. The lowest BCUT2D eigenvalue weighted by atomic mass is 10.3. The van der Waals surface area contributed by atoms with Crippen molar-refractivity contribution in [2.75, 3.05) is 13.2 Å². The third kappa shape index (κ3) is 5.66. The smallest absolute Gasteiger partial charge is 0.469 e. The summed E-state index contributed by atoms with van der Waals surface area (Å²) in [5.41, 5.74) is 0. The van der Waals surface area contributed by atoms with E-state index in [0.29, 0.717) is 24.7 Å². The lowest BCUT2D eigenvalue weighted by Crippen LogP contribution is -2.55. The van der Waals surface area contributed by atoms with E-state index in [1.165, 1.54) is 0 Å². The van der Waals surface area contributed by atoms with Gasteiger partial charge in [0.1, 0.15) is 11.5 Å². The van der Waals surface area contributed by atoms with Gasteiger partial charge in [-0.2, -0.15) is 9.15 Å². The number of benzene rings is 2. The van der Waals surface area contributed by atoms with Crippen LogP contribution in [-0.4, -0.2) is 22.3 Å². The first kappa shape index (κ1) is 17.5. The summed E-state index contributed by atoms with van der Waals surface area (Å²) in [6.07, 6.45) is 0. The second-order valence-corrected chi connectivity index (χ2v) is 6.05. The van der Waals surface area contributed by atoms with Gasteiger partial charge in [-0.1, -0.05) is 36.4 Å². The molecule has 0 unspecified atom stereocenters. The molecule has 0 bridgehead atoms. The van der Waals surface area contributed by atoms with Crippen LogP contribution in [0.1, 0.15) is 13.8 Å². The van der Waals surface area contributed by atoms with Crippen LogP contribution in [-0.2, 0) is 18.9 Å². The van der Waals surface area contributed by atoms with E-state index >= 15 is 0 Å². The number of rotatable bonds is 10. The molecule has 2 aromatic carbocycles. The van der Waals surface area contributed by atoms with Gasteiger partial charge in [0.25, 0.3) is 0 Å². The van der Waals surface area contributed by atoms with Crippen LogP contribution in [0.3, 0.4) is 0 Å². The molecule has 0 spiro atoms. The molecule has 0 aromatic heterocycles. The summed E-state index contributed by atoms with van der Waals surface area (Å²) in [5, 5.41) is 0. The fourth-order valence-electron chi connectivity index (χ4n) is 1.63. The van der Waals surface area contributed by atoms with Crippen molar-refractivity contribution in [1.82, 2.24) is 0 Å². The van der Waals surface area contributed by atoms with E-state index in [9.17, 15) is 0 Å². The highest BCUT2D eigenvalue weighted by Gasteiger charge is 2.56. The van der Waals surface area contributed by atoms with Gasteiger partial charge in [-0.05, 0) is 38.1 Å². The van der Waals surface area contributed by atoms with Crippen molar-refractivity contribution >= 4 is 9.05 Å². The fourth-order valence-corrected chi connectivity index (χ4v) is 3.21. The highest BCUT2D eigenvalue weighted by atomic mass is 28.4. The molecule has 0 fully saturated rings. The van der Waals surface area contributed by atoms with Crippen LogP contribution in [0.15, 0.2) is 60.7 Å². The van der Waals surface area contributed by atoms with Crippen LogP contribution in [0, 0.1) is 0 Å². The minimum Gasteiger partial charge on any atom is -0.469 e. The normalized spacial score (nSPS) is 11.2. The Morgan fingerprint density at radius 1 is 0.652 bits per heavy atom. The molecule has 0 aliphatic heterocycles. The van der Waals surface area contributed by atoms with Gasteiger partial charge in [-0.25, -0.2) is 9.78 Å². The summed E-state index contributed by atoms with van der Waals surface area (Å²) in [6, 6.07) is 18.1. The third-order valence-corrected chi connectivity index (χ3v) is 4.15. The Morgan fingerprint density at radius 2 is 1.04 bits per heavy atom. The zero-order chi connectivity index (χ0) is 16.4. The fraction of sp³-hybridized carbons (Fsp3) is 0.250. The van der Waals surface area contributed by atoms with Gasteiger partial charge < -0.3 is 8.85 Å². The van der Waals surface area contributed by atoms with Gasteiger partial charge in [-0.15, -0.1) is 0 Å². The van der Waals surface area contributed by atoms with Crippen molar-refractivity contribution in [2.24, 2.45) is 0 Å². The average Bonchev–Trinajstić information content (AvgIpc) is 2.60. The Labute approximate surface area is 136 Å². The second-order valence-electron chi connectivity index (χ2n) is 4.31. The van der Waals surface area contributed by atoms with Crippen molar-refractivity contribution in [1.29, 1.82) is 0 Å². The number of para-hydroxylation sites is 2.